The number of fused-ring (bicyclic) bond motifs is 1. The van der Waals surface area contributed by atoms with Gasteiger partial charge >= 0.3 is 0 Å². The van der Waals surface area contributed by atoms with E-state index < -0.39 is 0 Å². The van der Waals surface area contributed by atoms with Crippen LogP contribution in [0.15, 0.2) is 24.3 Å². The van der Waals surface area contributed by atoms with Crippen molar-refractivity contribution < 1.29 is 4.79 Å². The van der Waals surface area contributed by atoms with Crippen molar-refractivity contribution in [3.63, 3.8) is 0 Å². The summed E-state index contributed by atoms with van der Waals surface area (Å²) < 4.78 is 0. The predicted molar refractivity (Wildman–Crippen MR) is 50.9 cm³/mol. The number of nitrogens with one attached hydrogen (secondary N) is 1. The van der Waals surface area contributed by atoms with Crippen molar-refractivity contribution in [2.75, 3.05) is 11.9 Å². The minimum absolute atomic E-state index is 0.0195. The van der Waals surface area contributed by atoms with Gasteiger partial charge in [0.05, 0.1) is 5.41 Å². The molecular formula is C11H11NO. The molecule has 0 saturated heterocycles. The van der Waals surface area contributed by atoms with Crippen molar-refractivity contribution in [2.24, 2.45) is 5.41 Å². The Kier molecular flexibility index (Phi) is 1.17. The number of hydrogen-bond donors (Lipinski definition) is 1. The van der Waals surface area contributed by atoms with Gasteiger partial charge in [0.25, 0.3) is 0 Å². The second kappa shape index (κ2) is 2.13. The standard InChI is InChI=1S/C11H11NO/c13-10-8-3-1-2-4-9(8)12-7-11(10)5-6-11/h1-4,12H,5-7H2. The van der Waals surface area contributed by atoms with Crippen LogP contribution in [0.5, 0.6) is 0 Å². The Morgan fingerprint density at radius 3 is 2.77 bits per heavy atom. The Balaban J connectivity index is 2.13. The second-order valence-corrected chi connectivity index (χ2v) is 4.01. The molecule has 1 aliphatic carbocycles. The quantitative estimate of drug-likeness (QED) is 0.650. The maximum atomic E-state index is 12.0. The monoisotopic (exact) mass is 173 g/mol. The zero-order valence-electron chi connectivity index (χ0n) is 7.34. The zero-order valence-corrected chi connectivity index (χ0v) is 7.34. The number of anilines is 1. The highest BCUT2D eigenvalue weighted by Gasteiger charge is 2.51. The third-order valence-electron chi connectivity index (χ3n) is 3.12. The highest BCUT2D eigenvalue weighted by atomic mass is 16.1. The fourth-order valence-electron chi connectivity index (χ4n) is 2.02. The molecule has 1 N–H and O–H groups in total. The smallest absolute Gasteiger partial charge is 0.172 e. The molecule has 0 aromatic heterocycles. The molecule has 66 valence electrons. The van der Waals surface area contributed by atoms with Gasteiger partial charge in [-0.1, -0.05) is 12.1 Å². The van der Waals surface area contributed by atoms with Crippen LogP contribution in [0.3, 0.4) is 0 Å². The van der Waals surface area contributed by atoms with E-state index in [0.29, 0.717) is 5.78 Å². The fourth-order valence-corrected chi connectivity index (χ4v) is 2.02. The molecule has 0 amide bonds. The average molecular weight is 173 g/mol. The number of carbonyl (C=O) groups excluding carboxylic acids is 1. The van der Waals surface area contributed by atoms with Crippen LogP contribution in [0.25, 0.3) is 0 Å². The van der Waals surface area contributed by atoms with E-state index in [4.69, 9.17) is 0 Å². The number of ketones is 1. The molecule has 0 unspecified atom stereocenters. The number of carbonyl (C=O) groups is 1. The number of rotatable bonds is 0. The van der Waals surface area contributed by atoms with E-state index in [1.165, 1.54) is 0 Å². The van der Waals surface area contributed by atoms with Crippen molar-refractivity contribution in [3.05, 3.63) is 29.8 Å². The predicted octanol–water partition coefficient (Wildman–Crippen LogP) is 2.07. The van der Waals surface area contributed by atoms with Crippen LogP contribution in [-0.2, 0) is 0 Å². The molecule has 0 radical (unpaired) electrons. The van der Waals surface area contributed by atoms with Gasteiger partial charge in [-0.25, -0.2) is 0 Å². The molecule has 1 fully saturated rings. The Morgan fingerprint density at radius 1 is 1.23 bits per heavy atom. The lowest BCUT2D eigenvalue weighted by Crippen LogP contribution is -2.30. The van der Waals surface area contributed by atoms with E-state index >= 15 is 0 Å². The van der Waals surface area contributed by atoms with Crippen molar-refractivity contribution in [1.29, 1.82) is 0 Å². The molecular weight excluding hydrogens is 162 g/mol. The van der Waals surface area contributed by atoms with Gasteiger partial charge in [0, 0.05) is 17.8 Å². The van der Waals surface area contributed by atoms with Gasteiger partial charge in [0.1, 0.15) is 0 Å². The van der Waals surface area contributed by atoms with Gasteiger partial charge in [0.15, 0.2) is 5.78 Å². The third-order valence-corrected chi connectivity index (χ3v) is 3.12. The summed E-state index contributed by atoms with van der Waals surface area (Å²) in [4.78, 5) is 12.0. The van der Waals surface area contributed by atoms with Crippen LogP contribution in [0, 0.1) is 5.41 Å². The van der Waals surface area contributed by atoms with Gasteiger partial charge in [0.2, 0.25) is 0 Å². The molecule has 0 bridgehead atoms. The molecule has 1 aliphatic heterocycles. The maximum Gasteiger partial charge on any atom is 0.172 e. The molecule has 1 heterocycles. The summed E-state index contributed by atoms with van der Waals surface area (Å²) in [6.07, 6.45) is 2.13. The summed E-state index contributed by atoms with van der Waals surface area (Å²) in [6, 6.07) is 7.79. The lowest BCUT2D eigenvalue weighted by molar-refractivity contribution is 0.0903. The third kappa shape index (κ3) is 0.857. The minimum Gasteiger partial charge on any atom is -0.383 e. The van der Waals surface area contributed by atoms with Crippen molar-refractivity contribution in [2.45, 2.75) is 12.8 Å². The van der Waals surface area contributed by atoms with E-state index in [9.17, 15) is 4.79 Å². The summed E-state index contributed by atoms with van der Waals surface area (Å²) >= 11 is 0. The molecule has 0 atom stereocenters. The highest BCUT2D eigenvalue weighted by Crippen LogP contribution is 2.51. The number of benzene rings is 1. The van der Waals surface area contributed by atoms with Gasteiger partial charge < -0.3 is 5.32 Å². The summed E-state index contributed by atoms with van der Waals surface area (Å²) in [5, 5.41) is 3.32. The normalized spacial score (nSPS) is 22.3. The van der Waals surface area contributed by atoms with Crippen molar-refractivity contribution in [1.82, 2.24) is 0 Å². The molecule has 1 aromatic carbocycles. The topological polar surface area (TPSA) is 29.1 Å². The molecule has 1 saturated carbocycles. The van der Waals surface area contributed by atoms with E-state index in [1.54, 1.807) is 0 Å². The Hall–Kier alpha value is -1.31. The van der Waals surface area contributed by atoms with E-state index in [-0.39, 0.29) is 5.41 Å². The van der Waals surface area contributed by atoms with Crippen LogP contribution in [-0.4, -0.2) is 12.3 Å². The highest BCUT2D eigenvalue weighted by molar-refractivity contribution is 6.08. The van der Waals surface area contributed by atoms with E-state index in [2.05, 4.69) is 5.32 Å². The first-order valence-corrected chi connectivity index (χ1v) is 4.70. The molecule has 1 spiro atoms. The summed E-state index contributed by atoms with van der Waals surface area (Å²) in [5.41, 5.74) is 1.87. The zero-order chi connectivity index (χ0) is 8.89. The summed E-state index contributed by atoms with van der Waals surface area (Å²) in [7, 11) is 0. The Morgan fingerprint density at radius 2 is 2.00 bits per heavy atom. The molecule has 3 rings (SSSR count). The minimum atomic E-state index is -0.0195. The number of hydrogen-bond acceptors (Lipinski definition) is 2. The van der Waals surface area contributed by atoms with Crippen LogP contribution in [0.1, 0.15) is 23.2 Å². The fraction of sp³-hybridized carbons (Fsp3) is 0.364. The molecule has 13 heavy (non-hydrogen) atoms. The van der Waals surface area contributed by atoms with Crippen LogP contribution in [0.2, 0.25) is 0 Å². The summed E-state index contributed by atoms with van der Waals surface area (Å²) in [6.45, 7) is 0.836. The van der Waals surface area contributed by atoms with Crippen molar-refractivity contribution >= 4 is 11.5 Å². The first kappa shape index (κ1) is 7.13. The number of para-hydroxylation sites is 1. The van der Waals surface area contributed by atoms with E-state index in [0.717, 1.165) is 30.6 Å². The molecule has 2 nitrogen and oxygen atoms in total. The van der Waals surface area contributed by atoms with Gasteiger partial charge in [-0.05, 0) is 25.0 Å². The second-order valence-electron chi connectivity index (χ2n) is 4.01. The molecule has 1 aromatic rings. The van der Waals surface area contributed by atoms with Crippen LogP contribution < -0.4 is 5.32 Å². The molecule has 2 aliphatic rings. The number of Topliss-reactive ketones (excluding diaryl/α,β-unsaturated/α-hetero) is 1. The van der Waals surface area contributed by atoms with Gasteiger partial charge in [-0.2, -0.15) is 0 Å². The van der Waals surface area contributed by atoms with Gasteiger partial charge in [-0.3, -0.25) is 4.79 Å². The lowest BCUT2D eigenvalue weighted by atomic mass is 9.90. The Bertz CT molecular complexity index is 379. The first-order valence-electron chi connectivity index (χ1n) is 4.70. The molecule has 2 heteroatoms. The van der Waals surface area contributed by atoms with Crippen molar-refractivity contribution in [3.8, 4) is 0 Å². The van der Waals surface area contributed by atoms with Gasteiger partial charge in [-0.15, -0.1) is 0 Å². The maximum absolute atomic E-state index is 12.0. The lowest BCUT2D eigenvalue weighted by Gasteiger charge is -2.24. The summed E-state index contributed by atoms with van der Waals surface area (Å²) in [5.74, 6) is 0.349. The van der Waals surface area contributed by atoms with E-state index in [1.807, 2.05) is 24.3 Å². The van der Waals surface area contributed by atoms with Crippen LogP contribution in [0.4, 0.5) is 5.69 Å². The largest absolute Gasteiger partial charge is 0.383 e. The Labute approximate surface area is 77.0 Å². The average Bonchev–Trinajstić information content (AvgIpc) is 2.94. The SMILES string of the molecule is O=C1c2ccccc2NCC12CC2. The van der Waals surface area contributed by atoms with Crippen LogP contribution >= 0.6 is 0 Å². The first-order chi connectivity index (χ1) is 6.32.